The molecule has 0 fully saturated rings. The quantitative estimate of drug-likeness (QED) is 0.741. The third-order valence-electron chi connectivity index (χ3n) is 3.29. The standard InChI is InChI=1S/C15H12F2N6O/c16-11-7-12(17)13(6-10(11)15(18)24)19-8-14-20-21-22-23(14)9-4-2-1-3-5-9/h1-7,19H,8H2,(H2,18,24). The van der Waals surface area contributed by atoms with Gasteiger partial charge in [-0.15, -0.1) is 5.10 Å². The van der Waals surface area contributed by atoms with Crippen LogP contribution in [0, 0.1) is 11.6 Å². The fraction of sp³-hybridized carbons (Fsp3) is 0.0667. The van der Waals surface area contributed by atoms with Gasteiger partial charge in [-0.2, -0.15) is 4.68 Å². The second kappa shape index (κ2) is 6.41. The molecule has 0 aliphatic carbocycles. The molecule has 0 atom stereocenters. The van der Waals surface area contributed by atoms with Gasteiger partial charge in [-0.1, -0.05) is 18.2 Å². The first-order valence-corrected chi connectivity index (χ1v) is 6.91. The number of carbonyl (C=O) groups excluding carboxylic acids is 1. The number of aromatic nitrogens is 4. The predicted octanol–water partition coefficient (Wildman–Crippen LogP) is 1.65. The molecule has 1 aromatic heterocycles. The van der Waals surface area contributed by atoms with Crippen LogP contribution in [0.4, 0.5) is 14.5 Å². The molecule has 24 heavy (non-hydrogen) atoms. The van der Waals surface area contributed by atoms with Crippen molar-refractivity contribution >= 4 is 11.6 Å². The Hall–Kier alpha value is -3.36. The predicted molar refractivity (Wildman–Crippen MR) is 81.4 cm³/mol. The number of benzene rings is 2. The van der Waals surface area contributed by atoms with Crippen LogP contribution in [0.5, 0.6) is 0 Å². The number of hydrogen-bond acceptors (Lipinski definition) is 5. The van der Waals surface area contributed by atoms with E-state index < -0.39 is 23.1 Å². The van der Waals surface area contributed by atoms with Crippen molar-refractivity contribution in [1.82, 2.24) is 20.2 Å². The smallest absolute Gasteiger partial charge is 0.251 e. The first-order valence-electron chi connectivity index (χ1n) is 6.91. The molecule has 3 rings (SSSR count). The van der Waals surface area contributed by atoms with E-state index in [1.165, 1.54) is 4.68 Å². The molecule has 3 aromatic rings. The highest BCUT2D eigenvalue weighted by molar-refractivity contribution is 5.94. The van der Waals surface area contributed by atoms with Crippen LogP contribution in [0.3, 0.4) is 0 Å². The number of anilines is 1. The molecule has 0 saturated heterocycles. The molecule has 0 aliphatic rings. The van der Waals surface area contributed by atoms with E-state index in [0.29, 0.717) is 11.9 Å². The zero-order chi connectivity index (χ0) is 17.1. The molecular formula is C15H12F2N6O. The molecule has 122 valence electrons. The minimum atomic E-state index is -1.01. The van der Waals surface area contributed by atoms with Crippen molar-refractivity contribution in [3.8, 4) is 5.69 Å². The summed E-state index contributed by atoms with van der Waals surface area (Å²) in [6.07, 6.45) is 0. The van der Waals surface area contributed by atoms with Crippen LogP contribution >= 0.6 is 0 Å². The van der Waals surface area contributed by atoms with Gasteiger partial charge in [0.2, 0.25) is 0 Å². The van der Waals surface area contributed by atoms with E-state index in [1.807, 2.05) is 30.3 Å². The van der Waals surface area contributed by atoms with Crippen LogP contribution in [0.15, 0.2) is 42.5 Å². The maximum absolute atomic E-state index is 13.8. The van der Waals surface area contributed by atoms with Crippen molar-refractivity contribution in [3.63, 3.8) is 0 Å². The zero-order valence-corrected chi connectivity index (χ0v) is 12.3. The van der Waals surface area contributed by atoms with E-state index in [4.69, 9.17) is 5.73 Å². The summed E-state index contributed by atoms with van der Waals surface area (Å²) >= 11 is 0. The summed E-state index contributed by atoms with van der Waals surface area (Å²) in [5, 5.41) is 14.1. The van der Waals surface area contributed by atoms with Crippen LogP contribution in [0.1, 0.15) is 16.2 Å². The molecule has 1 amide bonds. The number of primary amides is 1. The van der Waals surface area contributed by atoms with E-state index in [-0.39, 0.29) is 12.2 Å². The van der Waals surface area contributed by atoms with Gasteiger partial charge in [-0.05, 0) is 28.6 Å². The number of tetrazole rings is 1. The molecule has 7 nitrogen and oxygen atoms in total. The second-order valence-electron chi connectivity index (χ2n) is 4.87. The van der Waals surface area contributed by atoms with E-state index in [9.17, 15) is 13.6 Å². The van der Waals surface area contributed by atoms with Crippen molar-refractivity contribution < 1.29 is 13.6 Å². The largest absolute Gasteiger partial charge is 0.375 e. The lowest BCUT2D eigenvalue weighted by molar-refractivity contribution is 0.0996. The molecule has 0 radical (unpaired) electrons. The fourth-order valence-electron chi connectivity index (χ4n) is 2.13. The molecule has 0 aliphatic heterocycles. The molecule has 0 bridgehead atoms. The van der Waals surface area contributed by atoms with Gasteiger partial charge in [0.05, 0.1) is 23.5 Å². The topological polar surface area (TPSA) is 98.7 Å². The van der Waals surface area contributed by atoms with Crippen molar-refractivity contribution in [1.29, 1.82) is 0 Å². The highest BCUT2D eigenvalue weighted by Gasteiger charge is 2.15. The van der Waals surface area contributed by atoms with Gasteiger partial charge in [-0.25, -0.2) is 8.78 Å². The van der Waals surface area contributed by atoms with Gasteiger partial charge < -0.3 is 11.1 Å². The highest BCUT2D eigenvalue weighted by Crippen LogP contribution is 2.20. The average Bonchev–Trinajstić information content (AvgIpc) is 3.03. The van der Waals surface area contributed by atoms with Crippen molar-refractivity contribution in [2.75, 3.05) is 5.32 Å². The molecular weight excluding hydrogens is 318 g/mol. The summed E-state index contributed by atoms with van der Waals surface area (Å²) in [4.78, 5) is 11.2. The van der Waals surface area contributed by atoms with Gasteiger partial charge >= 0.3 is 0 Å². The van der Waals surface area contributed by atoms with Crippen molar-refractivity contribution in [2.45, 2.75) is 6.54 Å². The minimum Gasteiger partial charge on any atom is -0.375 e. The summed E-state index contributed by atoms with van der Waals surface area (Å²) in [5.41, 5.74) is 5.31. The number of carbonyl (C=O) groups is 1. The minimum absolute atomic E-state index is 0.0582. The third-order valence-corrected chi connectivity index (χ3v) is 3.29. The number of hydrogen-bond donors (Lipinski definition) is 2. The average molecular weight is 330 g/mol. The Labute approximate surface area is 135 Å². The van der Waals surface area contributed by atoms with Crippen LogP contribution in [-0.4, -0.2) is 26.1 Å². The van der Waals surface area contributed by atoms with Crippen LogP contribution in [0.2, 0.25) is 0 Å². The first-order chi connectivity index (χ1) is 11.6. The Kier molecular flexibility index (Phi) is 4.15. The number of halogens is 2. The molecule has 0 saturated carbocycles. The van der Waals surface area contributed by atoms with E-state index in [1.54, 1.807) is 0 Å². The lowest BCUT2D eigenvalue weighted by atomic mass is 10.1. The van der Waals surface area contributed by atoms with E-state index >= 15 is 0 Å². The highest BCUT2D eigenvalue weighted by atomic mass is 19.1. The van der Waals surface area contributed by atoms with Crippen LogP contribution < -0.4 is 11.1 Å². The van der Waals surface area contributed by atoms with Gasteiger partial charge in [-0.3, -0.25) is 4.79 Å². The molecule has 1 heterocycles. The normalized spacial score (nSPS) is 10.6. The zero-order valence-electron chi connectivity index (χ0n) is 12.3. The summed E-state index contributed by atoms with van der Waals surface area (Å²) in [6, 6.07) is 10.7. The number of para-hydroxylation sites is 1. The number of nitrogens with two attached hydrogens (primary N) is 1. The monoisotopic (exact) mass is 330 g/mol. The summed E-state index contributed by atoms with van der Waals surface area (Å²) in [6.45, 7) is 0.0582. The number of nitrogens with one attached hydrogen (secondary N) is 1. The van der Waals surface area contributed by atoms with E-state index in [0.717, 1.165) is 11.8 Å². The van der Waals surface area contributed by atoms with Gasteiger partial charge in [0.15, 0.2) is 5.82 Å². The number of rotatable bonds is 5. The summed E-state index contributed by atoms with van der Waals surface area (Å²) in [5.74, 6) is -2.44. The van der Waals surface area contributed by atoms with Crippen LogP contribution in [0.25, 0.3) is 5.69 Å². The molecule has 9 heteroatoms. The lowest BCUT2D eigenvalue weighted by Crippen LogP contribution is -2.15. The fourth-order valence-corrected chi connectivity index (χ4v) is 2.13. The van der Waals surface area contributed by atoms with Gasteiger partial charge in [0.1, 0.15) is 11.6 Å². The van der Waals surface area contributed by atoms with Gasteiger partial charge in [0, 0.05) is 6.07 Å². The Morgan fingerprint density at radius 1 is 1.17 bits per heavy atom. The van der Waals surface area contributed by atoms with Crippen molar-refractivity contribution in [3.05, 3.63) is 65.5 Å². The number of amides is 1. The molecule has 0 spiro atoms. The van der Waals surface area contributed by atoms with E-state index in [2.05, 4.69) is 20.8 Å². The second-order valence-corrected chi connectivity index (χ2v) is 4.87. The Bertz CT molecular complexity index is 881. The van der Waals surface area contributed by atoms with Gasteiger partial charge in [0.25, 0.3) is 5.91 Å². The summed E-state index contributed by atoms with van der Waals surface area (Å²) < 4.78 is 28.8. The molecule has 0 unspecified atom stereocenters. The lowest BCUT2D eigenvalue weighted by Gasteiger charge is -2.09. The molecule has 3 N–H and O–H groups in total. The number of nitrogens with zero attached hydrogens (tertiary/aromatic N) is 4. The maximum atomic E-state index is 13.8. The van der Waals surface area contributed by atoms with Crippen molar-refractivity contribution in [2.24, 2.45) is 5.73 Å². The Morgan fingerprint density at radius 3 is 2.62 bits per heavy atom. The maximum Gasteiger partial charge on any atom is 0.251 e. The first kappa shape index (κ1) is 15.5. The summed E-state index contributed by atoms with van der Waals surface area (Å²) in [7, 11) is 0. The SMILES string of the molecule is NC(=O)c1cc(NCc2nnnn2-c2ccccc2)c(F)cc1F. The van der Waals surface area contributed by atoms with Crippen LogP contribution in [-0.2, 0) is 6.54 Å². The molecule has 2 aromatic carbocycles. The third kappa shape index (κ3) is 3.05. The Balaban J connectivity index is 1.84. The Morgan fingerprint density at radius 2 is 1.92 bits per heavy atom.